The molecule has 0 aliphatic carbocycles. The summed E-state index contributed by atoms with van der Waals surface area (Å²) < 4.78 is 5.50. The molecule has 0 aromatic heterocycles. The van der Waals surface area contributed by atoms with Crippen LogP contribution in [-0.2, 0) is 36.9 Å². The van der Waals surface area contributed by atoms with E-state index in [4.69, 9.17) is 22.7 Å². The molecule has 0 spiro atoms. The number of aliphatic hydroxyl groups is 1. The number of likely N-dealkylation sites (tertiary alicyclic amines) is 1. The maximum absolute atomic E-state index is 13.6. The fraction of sp³-hybridized carbons (Fsp3) is 0.452. The number of hydrogen-bond donors (Lipinski definition) is 5. The molecule has 43 heavy (non-hydrogen) atoms. The average molecular weight is 612 g/mol. The highest BCUT2D eigenvalue weighted by Gasteiger charge is 2.41. The third kappa shape index (κ3) is 10.6. The van der Waals surface area contributed by atoms with Crippen LogP contribution in [-0.4, -0.2) is 75.2 Å². The quantitative estimate of drug-likeness (QED) is 0.176. The van der Waals surface area contributed by atoms with Crippen LogP contribution in [0, 0.1) is 0 Å². The zero-order valence-electron chi connectivity index (χ0n) is 24.7. The summed E-state index contributed by atoms with van der Waals surface area (Å²) in [5.74, 6) is -2.67. The lowest BCUT2D eigenvalue weighted by Crippen LogP contribution is -2.58. The van der Waals surface area contributed by atoms with Crippen LogP contribution >= 0.6 is 12.2 Å². The molecule has 1 saturated heterocycles. The Balaban J connectivity index is 1.76. The third-order valence-corrected chi connectivity index (χ3v) is 7.06. The highest BCUT2D eigenvalue weighted by molar-refractivity contribution is 7.80. The number of aliphatic hydroxyl groups excluding tert-OH is 1. The number of amides is 3. The predicted molar refractivity (Wildman–Crippen MR) is 165 cm³/mol. The SMILES string of the molecule is CC(C)(C)OC(=O)[C@@H]1CCCN1C(=O)C(O)[C@H](Cc1ccccc1)NC(=O)[C@H](CC(N)=O)NC(=S)NCc1ccccc1. The highest BCUT2D eigenvalue weighted by Crippen LogP contribution is 2.23. The van der Waals surface area contributed by atoms with Crippen molar-refractivity contribution in [2.24, 2.45) is 5.73 Å². The van der Waals surface area contributed by atoms with Gasteiger partial charge in [-0.25, -0.2) is 4.79 Å². The molecule has 11 nitrogen and oxygen atoms in total. The van der Waals surface area contributed by atoms with Crippen LogP contribution in [0.5, 0.6) is 0 Å². The Morgan fingerprint density at radius 2 is 1.63 bits per heavy atom. The third-order valence-electron chi connectivity index (χ3n) is 6.80. The van der Waals surface area contributed by atoms with E-state index in [2.05, 4.69) is 16.0 Å². The van der Waals surface area contributed by atoms with E-state index in [-0.39, 0.29) is 24.5 Å². The fourth-order valence-corrected chi connectivity index (χ4v) is 4.99. The number of nitrogens with zero attached hydrogens (tertiary/aromatic N) is 1. The van der Waals surface area contributed by atoms with Crippen molar-refractivity contribution < 1.29 is 29.0 Å². The number of primary amides is 1. The zero-order valence-corrected chi connectivity index (χ0v) is 25.6. The van der Waals surface area contributed by atoms with E-state index in [0.29, 0.717) is 19.4 Å². The minimum absolute atomic E-state index is 0.102. The van der Waals surface area contributed by atoms with E-state index in [0.717, 1.165) is 11.1 Å². The van der Waals surface area contributed by atoms with Crippen molar-refractivity contribution in [3.8, 4) is 0 Å². The first-order valence-electron chi connectivity index (χ1n) is 14.3. The Hall–Kier alpha value is -4.03. The summed E-state index contributed by atoms with van der Waals surface area (Å²) in [4.78, 5) is 53.1. The number of hydrogen-bond acceptors (Lipinski definition) is 7. The molecule has 232 valence electrons. The molecule has 1 heterocycles. The van der Waals surface area contributed by atoms with E-state index in [1.54, 1.807) is 45.0 Å². The second-order valence-electron chi connectivity index (χ2n) is 11.5. The van der Waals surface area contributed by atoms with Crippen LogP contribution in [0.2, 0.25) is 0 Å². The topological polar surface area (TPSA) is 163 Å². The lowest BCUT2D eigenvalue weighted by Gasteiger charge is -2.32. The number of nitrogens with two attached hydrogens (primary N) is 1. The summed E-state index contributed by atoms with van der Waals surface area (Å²) in [5, 5.41) is 20.0. The van der Waals surface area contributed by atoms with Gasteiger partial charge >= 0.3 is 5.97 Å². The van der Waals surface area contributed by atoms with Gasteiger partial charge < -0.3 is 36.4 Å². The van der Waals surface area contributed by atoms with E-state index >= 15 is 0 Å². The van der Waals surface area contributed by atoms with Gasteiger partial charge in [-0.2, -0.15) is 0 Å². The normalized spacial score (nSPS) is 16.8. The smallest absolute Gasteiger partial charge is 0.329 e. The van der Waals surface area contributed by atoms with Gasteiger partial charge in [-0.3, -0.25) is 14.4 Å². The van der Waals surface area contributed by atoms with Crippen LogP contribution in [0.3, 0.4) is 0 Å². The van der Waals surface area contributed by atoms with Crippen LogP contribution in [0.1, 0.15) is 51.2 Å². The number of carbonyl (C=O) groups is 4. The maximum Gasteiger partial charge on any atom is 0.329 e. The molecule has 3 amide bonds. The van der Waals surface area contributed by atoms with Crippen LogP contribution < -0.4 is 21.7 Å². The summed E-state index contributed by atoms with van der Waals surface area (Å²) in [6.45, 7) is 5.87. The number of nitrogens with one attached hydrogen (secondary N) is 3. The first-order valence-corrected chi connectivity index (χ1v) is 14.7. The highest BCUT2D eigenvalue weighted by atomic mass is 32.1. The molecule has 1 aliphatic heterocycles. The van der Waals surface area contributed by atoms with E-state index in [9.17, 15) is 24.3 Å². The second kappa shape index (κ2) is 15.4. The van der Waals surface area contributed by atoms with Crippen LogP contribution in [0.25, 0.3) is 0 Å². The van der Waals surface area contributed by atoms with Crippen LogP contribution in [0.15, 0.2) is 60.7 Å². The largest absolute Gasteiger partial charge is 0.458 e. The average Bonchev–Trinajstić information content (AvgIpc) is 3.45. The van der Waals surface area contributed by atoms with Gasteiger partial charge in [0.15, 0.2) is 11.2 Å². The Morgan fingerprint density at radius 1 is 1.02 bits per heavy atom. The number of benzene rings is 2. The molecule has 0 bridgehead atoms. The van der Waals surface area contributed by atoms with Crippen molar-refractivity contribution in [3.05, 3.63) is 71.8 Å². The molecule has 0 saturated carbocycles. The van der Waals surface area contributed by atoms with E-state index in [1.165, 1.54) is 4.90 Å². The molecule has 6 N–H and O–H groups in total. The molecule has 4 atom stereocenters. The molecule has 1 unspecified atom stereocenters. The molecule has 1 fully saturated rings. The van der Waals surface area contributed by atoms with Crippen molar-refractivity contribution in [1.29, 1.82) is 0 Å². The summed E-state index contributed by atoms with van der Waals surface area (Å²) >= 11 is 5.35. The Labute approximate surface area is 257 Å². The molecular weight excluding hydrogens is 570 g/mol. The van der Waals surface area contributed by atoms with Gasteiger partial charge in [-0.1, -0.05) is 60.7 Å². The summed E-state index contributed by atoms with van der Waals surface area (Å²) in [6, 6.07) is 15.4. The first-order chi connectivity index (χ1) is 20.3. The molecule has 3 rings (SSSR count). The van der Waals surface area contributed by atoms with Crippen molar-refractivity contribution in [2.75, 3.05) is 6.54 Å². The van der Waals surface area contributed by atoms with Crippen molar-refractivity contribution in [1.82, 2.24) is 20.9 Å². The van der Waals surface area contributed by atoms with Gasteiger partial charge in [0, 0.05) is 13.1 Å². The van der Waals surface area contributed by atoms with Gasteiger partial charge in [-0.05, 0) is 63.4 Å². The van der Waals surface area contributed by atoms with Crippen molar-refractivity contribution in [3.63, 3.8) is 0 Å². The van der Waals surface area contributed by atoms with Gasteiger partial charge in [0.25, 0.3) is 5.91 Å². The predicted octanol–water partition coefficient (Wildman–Crippen LogP) is 1.32. The lowest BCUT2D eigenvalue weighted by atomic mass is 9.99. The molecule has 1 aliphatic rings. The van der Waals surface area contributed by atoms with Gasteiger partial charge in [0.05, 0.1) is 12.5 Å². The monoisotopic (exact) mass is 611 g/mol. The van der Waals surface area contributed by atoms with Crippen molar-refractivity contribution >= 4 is 41.0 Å². The Bertz CT molecular complexity index is 1270. The van der Waals surface area contributed by atoms with Gasteiger partial charge in [0.1, 0.15) is 17.7 Å². The number of esters is 1. The Kier molecular flexibility index (Phi) is 12.0. The van der Waals surface area contributed by atoms with Gasteiger partial charge in [-0.15, -0.1) is 0 Å². The van der Waals surface area contributed by atoms with Gasteiger partial charge in [0.2, 0.25) is 11.8 Å². The molecule has 0 radical (unpaired) electrons. The number of carbonyl (C=O) groups excluding carboxylic acids is 4. The van der Waals surface area contributed by atoms with E-state index in [1.807, 2.05) is 36.4 Å². The maximum atomic E-state index is 13.6. The number of thiocarbonyl (C=S) groups is 1. The zero-order chi connectivity index (χ0) is 31.6. The molecule has 12 heteroatoms. The fourth-order valence-electron chi connectivity index (χ4n) is 4.78. The summed E-state index contributed by atoms with van der Waals surface area (Å²) in [6.07, 6.45) is -1.00. The summed E-state index contributed by atoms with van der Waals surface area (Å²) in [5.41, 5.74) is 6.40. The molecule has 2 aromatic rings. The Morgan fingerprint density at radius 3 is 2.21 bits per heavy atom. The standard InChI is InChI=1S/C31H41N5O6S/c1-31(2,3)42-29(41)24-15-10-16-36(24)28(40)26(38)22(17-20-11-6-4-7-12-20)34-27(39)23(18-25(32)37)35-30(43)33-19-21-13-8-5-9-14-21/h4-9,11-14,22-24,26,38H,10,15-19H2,1-3H3,(H2,32,37)(H,34,39)(H2,33,35,43)/t22-,23-,24-,26?/m0/s1. The molecule has 2 aromatic carbocycles. The molecular formula is C31H41N5O6S. The lowest BCUT2D eigenvalue weighted by molar-refractivity contribution is -0.165. The minimum Gasteiger partial charge on any atom is -0.458 e. The van der Waals surface area contributed by atoms with E-state index < -0.39 is 53.5 Å². The second-order valence-corrected chi connectivity index (χ2v) is 11.9. The van der Waals surface area contributed by atoms with Crippen molar-refractivity contribution in [2.45, 2.75) is 82.8 Å². The summed E-state index contributed by atoms with van der Waals surface area (Å²) in [7, 11) is 0. The number of ether oxygens (including phenoxy) is 1. The number of rotatable bonds is 12. The minimum atomic E-state index is -1.69. The van der Waals surface area contributed by atoms with Crippen LogP contribution in [0.4, 0.5) is 0 Å². The first kappa shape index (κ1) is 33.5.